The summed E-state index contributed by atoms with van der Waals surface area (Å²) in [7, 11) is 3.22. The Morgan fingerprint density at radius 2 is 1.64 bits per heavy atom. The van der Waals surface area contributed by atoms with Crippen LogP contribution >= 0.6 is 24.0 Å². The van der Waals surface area contributed by atoms with Crippen LogP contribution in [-0.4, -0.2) is 26.8 Å². The van der Waals surface area contributed by atoms with Crippen molar-refractivity contribution in [3.05, 3.63) is 53.6 Å². The summed E-state index contributed by atoms with van der Waals surface area (Å²) in [5.74, 6) is 3.15. The van der Waals surface area contributed by atoms with Crippen LogP contribution in [0.3, 0.4) is 0 Å². The number of methoxy groups -OCH3 is 2. The molecule has 0 atom stereocenters. The summed E-state index contributed by atoms with van der Waals surface area (Å²) in [6, 6.07) is 13.7. The molecule has 0 aliphatic carbocycles. The van der Waals surface area contributed by atoms with Crippen LogP contribution in [0.15, 0.2) is 47.5 Å². The maximum Gasteiger partial charge on any atom is 0.189 e. The maximum atomic E-state index is 5.97. The molecule has 0 heterocycles. The van der Waals surface area contributed by atoms with Gasteiger partial charge in [0.25, 0.3) is 0 Å². The lowest BCUT2D eigenvalue weighted by molar-refractivity contribution is 0.271. The van der Waals surface area contributed by atoms with E-state index in [2.05, 4.69) is 24.2 Å². The maximum absolute atomic E-state index is 5.97. The first-order chi connectivity index (χ1) is 13.0. The fourth-order valence-corrected chi connectivity index (χ4v) is 2.37. The Hall–Kier alpha value is -2.16. The minimum atomic E-state index is 0. The van der Waals surface area contributed by atoms with E-state index in [0.29, 0.717) is 43.1 Å². The van der Waals surface area contributed by atoms with Gasteiger partial charge in [0, 0.05) is 6.54 Å². The summed E-state index contributed by atoms with van der Waals surface area (Å²) in [6.07, 6.45) is 0. The molecule has 2 rings (SSSR count). The summed E-state index contributed by atoms with van der Waals surface area (Å²) in [5.41, 5.74) is 8.06. The van der Waals surface area contributed by atoms with Crippen LogP contribution in [0.4, 0.5) is 0 Å². The molecule has 0 unspecified atom stereocenters. The Bertz CT molecular complexity index is 749. The van der Waals surface area contributed by atoms with Gasteiger partial charge in [0.2, 0.25) is 0 Å². The predicted octanol–water partition coefficient (Wildman–Crippen LogP) is 3.96. The molecule has 3 N–H and O–H groups in total. The molecule has 6 nitrogen and oxygen atoms in total. The molecule has 2 aromatic rings. The van der Waals surface area contributed by atoms with Crippen LogP contribution < -0.4 is 25.3 Å². The first-order valence-corrected chi connectivity index (χ1v) is 8.98. The van der Waals surface area contributed by atoms with E-state index < -0.39 is 0 Å². The number of aliphatic imine (C=N–C) groups is 1. The van der Waals surface area contributed by atoms with Crippen molar-refractivity contribution in [1.29, 1.82) is 0 Å². The molecule has 0 fully saturated rings. The molecule has 7 heteroatoms. The Morgan fingerprint density at radius 3 is 2.25 bits per heavy atom. The lowest BCUT2D eigenvalue weighted by Crippen LogP contribution is -2.31. The summed E-state index contributed by atoms with van der Waals surface area (Å²) < 4.78 is 16.2. The highest BCUT2D eigenvalue weighted by Gasteiger charge is 2.04. The van der Waals surface area contributed by atoms with Crippen molar-refractivity contribution in [2.75, 3.05) is 20.8 Å². The number of benzene rings is 2. The highest BCUT2D eigenvalue weighted by atomic mass is 127. The van der Waals surface area contributed by atoms with E-state index in [9.17, 15) is 0 Å². The number of nitrogens with one attached hydrogen (secondary N) is 1. The van der Waals surface area contributed by atoms with Crippen molar-refractivity contribution >= 4 is 29.9 Å². The van der Waals surface area contributed by atoms with Gasteiger partial charge in [0.15, 0.2) is 17.5 Å². The second kappa shape index (κ2) is 12.3. The van der Waals surface area contributed by atoms with Gasteiger partial charge in [-0.25, -0.2) is 4.99 Å². The van der Waals surface area contributed by atoms with Gasteiger partial charge in [-0.05, 0) is 41.3 Å². The zero-order valence-electron chi connectivity index (χ0n) is 16.9. The first kappa shape index (κ1) is 23.9. The highest BCUT2D eigenvalue weighted by molar-refractivity contribution is 14.0. The van der Waals surface area contributed by atoms with Crippen molar-refractivity contribution < 1.29 is 14.2 Å². The van der Waals surface area contributed by atoms with Crippen molar-refractivity contribution in [1.82, 2.24) is 5.32 Å². The van der Waals surface area contributed by atoms with Gasteiger partial charge >= 0.3 is 0 Å². The molecule has 0 aliphatic heterocycles. The second-order valence-electron chi connectivity index (χ2n) is 6.59. The Balaban J connectivity index is 0.00000392. The lowest BCUT2D eigenvalue weighted by Gasteiger charge is -2.10. The normalized spacial score (nSPS) is 11.0. The minimum absolute atomic E-state index is 0. The van der Waals surface area contributed by atoms with E-state index >= 15 is 0 Å². The van der Waals surface area contributed by atoms with Crippen LogP contribution in [0.5, 0.6) is 17.2 Å². The van der Waals surface area contributed by atoms with Gasteiger partial charge in [0.1, 0.15) is 5.75 Å². The third kappa shape index (κ3) is 7.84. The number of ether oxygens (including phenoxy) is 3. The molecule has 0 saturated heterocycles. The SMILES string of the molecule is COc1ccc(CN=C(N)NCc2ccc(OCC(C)C)cc2)cc1OC.I. The summed E-state index contributed by atoms with van der Waals surface area (Å²) >= 11 is 0. The van der Waals surface area contributed by atoms with Gasteiger partial charge in [-0.1, -0.05) is 32.0 Å². The largest absolute Gasteiger partial charge is 0.493 e. The molecule has 0 spiro atoms. The van der Waals surface area contributed by atoms with Crippen molar-refractivity contribution in [3.8, 4) is 17.2 Å². The van der Waals surface area contributed by atoms with Crippen molar-refractivity contribution in [3.63, 3.8) is 0 Å². The quantitative estimate of drug-likeness (QED) is 0.310. The molecule has 2 aromatic carbocycles. The van der Waals surface area contributed by atoms with Gasteiger partial charge in [-0.3, -0.25) is 0 Å². The number of guanidine groups is 1. The fraction of sp³-hybridized carbons (Fsp3) is 0.381. The molecule has 0 amide bonds. The number of rotatable bonds is 9. The zero-order chi connectivity index (χ0) is 19.6. The summed E-state index contributed by atoms with van der Waals surface area (Å²) in [5, 5.41) is 3.12. The number of nitrogens with zero attached hydrogens (tertiary/aromatic N) is 1. The summed E-state index contributed by atoms with van der Waals surface area (Å²) in [4.78, 5) is 4.37. The molecule has 154 valence electrons. The van der Waals surface area contributed by atoms with E-state index in [1.54, 1.807) is 14.2 Å². The molecule has 28 heavy (non-hydrogen) atoms. The zero-order valence-corrected chi connectivity index (χ0v) is 19.2. The molecule has 0 aliphatic rings. The number of nitrogens with two attached hydrogens (primary N) is 1. The average Bonchev–Trinajstić information content (AvgIpc) is 2.69. The van der Waals surface area contributed by atoms with E-state index in [-0.39, 0.29) is 24.0 Å². The fourth-order valence-electron chi connectivity index (χ4n) is 2.37. The molecule has 0 saturated carbocycles. The van der Waals surface area contributed by atoms with Crippen LogP contribution in [0, 0.1) is 5.92 Å². The number of hydrogen-bond donors (Lipinski definition) is 2. The molecule has 0 bridgehead atoms. The van der Waals surface area contributed by atoms with Crippen LogP contribution in [0.1, 0.15) is 25.0 Å². The van der Waals surface area contributed by atoms with Gasteiger partial charge in [0.05, 0.1) is 27.4 Å². The first-order valence-electron chi connectivity index (χ1n) is 8.98. The van der Waals surface area contributed by atoms with Crippen LogP contribution in [0.25, 0.3) is 0 Å². The van der Waals surface area contributed by atoms with E-state index in [1.165, 1.54) is 0 Å². The standard InChI is InChI=1S/C21H29N3O3.HI/c1-15(2)14-27-18-8-5-16(6-9-18)12-23-21(22)24-13-17-7-10-19(25-3)20(11-17)26-4;/h5-11,15H,12-14H2,1-4H3,(H3,22,23,24);1H. The highest BCUT2D eigenvalue weighted by Crippen LogP contribution is 2.27. The van der Waals surface area contributed by atoms with E-state index in [1.807, 2.05) is 42.5 Å². The lowest BCUT2D eigenvalue weighted by atomic mass is 10.2. The third-order valence-corrected chi connectivity index (χ3v) is 3.86. The summed E-state index contributed by atoms with van der Waals surface area (Å²) in [6.45, 7) is 6.03. The van der Waals surface area contributed by atoms with Gasteiger partial charge < -0.3 is 25.3 Å². The Kier molecular flexibility index (Phi) is 10.5. The van der Waals surface area contributed by atoms with Crippen molar-refractivity contribution in [2.45, 2.75) is 26.9 Å². The monoisotopic (exact) mass is 499 g/mol. The van der Waals surface area contributed by atoms with Crippen molar-refractivity contribution in [2.24, 2.45) is 16.6 Å². The number of halogens is 1. The smallest absolute Gasteiger partial charge is 0.189 e. The molecular weight excluding hydrogens is 469 g/mol. The minimum Gasteiger partial charge on any atom is -0.493 e. The van der Waals surface area contributed by atoms with E-state index in [4.69, 9.17) is 19.9 Å². The van der Waals surface area contributed by atoms with Gasteiger partial charge in [-0.2, -0.15) is 0 Å². The number of hydrogen-bond acceptors (Lipinski definition) is 4. The second-order valence-corrected chi connectivity index (χ2v) is 6.59. The molecular formula is C21H30IN3O3. The molecule has 0 radical (unpaired) electrons. The third-order valence-electron chi connectivity index (χ3n) is 3.86. The topological polar surface area (TPSA) is 78.1 Å². The van der Waals surface area contributed by atoms with Crippen LogP contribution in [0.2, 0.25) is 0 Å². The van der Waals surface area contributed by atoms with Gasteiger partial charge in [-0.15, -0.1) is 24.0 Å². The van der Waals surface area contributed by atoms with E-state index in [0.717, 1.165) is 16.9 Å². The molecule has 0 aromatic heterocycles. The van der Waals surface area contributed by atoms with Crippen LogP contribution in [-0.2, 0) is 13.1 Å². The Labute approximate surface area is 184 Å². The predicted molar refractivity (Wildman–Crippen MR) is 124 cm³/mol. The average molecular weight is 499 g/mol. The Morgan fingerprint density at radius 1 is 1.00 bits per heavy atom.